The molecule has 1 saturated heterocycles. The summed E-state index contributed by atoms with van der Waals surface area (Å²) in [6, 6.07) is 0.603. The van der Waals surface area contributed by atoms with Crippen LogP contribution >= 0.6 is 11.3 Å². The monoisotopic (exact) mass is 473 g/mol. The Bertz CT molecular complexity index is 992. The Morgan fingerprint density at radius 1 is 1.18 bits per heavy atom. The first-order valence-electron chi connectivity index (χ1n) is 11.7. The highest BCUT2D eigenvalue weighted by molar-refractivity contribution is 7.18. The molecule has 2 N–H and O–H groups in total. The molecule has 0 aromatic carbocycles. The number of nitrogens with zero attached hydrogens (tertiary/aromatic N) is 6. The molecule has 2 aromatic heterocycles. The Morgan fingerprint density at radius 3 is 2.73 bits per heavy atom. The third-order valence-corrected chi connectivity index (χ3v) is 7.64. The number of carbonyl (C=O) groups is 1. The van der Waals surface area contributed by atoms with Crippen LogP contribution in [0.4, 0.5) is 11.1 Å². The van der Waals surface area contributed by atoms with Gasteiger partial charge in [-0.05, 0) is 44.9 Å². The molecule has 2 aromatic rings. The molecule has 5 rings (SSSR count). The highest BCUT2D eigenvalue weighted by Crippen LogP contribution is 2.34. The maximum atomic E-state index is 12.3. The minimum Gasteiger partial charge on any atom is -0.460 e. The summed E-state index contributed by atoms with van der Waals surface area (Å²) in [5.74, 6) is 1.41. The molecule has 0 bridgehead atoms. The number of aromatic nitrogens is 4. The van der Waals surface area contributed by atoms with Gasteiger partial charge >= 0.3 is 6.01 Å². The van der Waals surface area contributed by atoms with Crippen LogP contribution in [0.1, 0.15) is 44.9 Å². The summed E-state index contributed by atoms with van der Waals surface area (Å²) >= 11 is 1.35. The predicted molar refractivity (Wildman–Crippen MR) is 125 cm³/mol. The van der Waals surface area contributed by atoms with Crippen LogP contribution in [0.25, 0.3) is 10.7 Å². The minimum atomic E-state index is -0.0187. The summed E-state index contributed by atoms with van der Waals surface area (Å²) in [6.07, 6.45) is 8.42. The largest absolute Gasteiger partial charge is 0.460 e. The lowest BCUT2D eigenvalue weighted by molar-refractivity contribution is -0.134. The standard InChI is InChI=1S/C22H31N7O3S/c1-28(2)19(30)13-6-8-14(9-7-13)32-22-26-18(17-12-24-20(23)33-17)25-21(27-22)29-10-11-31-16-5-3-4-15(16)29/h12-16H,3-11H2,1-2H3,(H2,23,24). The van der Waals surface area contributed by atoms with Gasteiger partial charge in [-0.3, -0.25) is 4.79 Å². The molecule has 3 fully saturated rings. The Kier molecular flexibility index (Phi) is 6.33. The van der Waals surface area contributed by atoms with Gasteiger partial charge in [0, 0.05) is 26.6 Å². The third-order valence-electron chi connectivity index (χ3n) is 6.82. The number of carbonyl (C=O) groups excluding carboxylic acids is 1. The summed E-state index contributed by atoms with van der Waals surface area (Å²) in [5, 5.41) is 0.473. The molecule has 2 aliphatic carbocycles. The lowest BCUT2D eigenvalue weighted by Crippen LogP contribution is -2.49. The number of nitrogens with two attached hydrogens (primary N) is 1. The van der Waals surface area contributed by atoms with Crippen molar-refractivity contribution in [2.75, 3.05) is 37.9 Å². The van der Waals surface area contributed by atoms with Gasteiger partial charge < -0.3 is 25.0 Å². The lowest BCUT2D eigenvalue weighted by Gasteiger charge is -2.37. The van der Waals surface area contributed by atoms with Crippen LogP contribution in [0.5, 0.6) is 6.01 Å². The number of thiazole rings is 1. The van der Waals surface area contributed by atoms with E-state index in [1.54, 1.807) is 11.1 Å². The number of amides is 1. The zero-order valence-electron chi connectivity index (χ0n) is 19.1. The maximum Gasteiger partial charge on any atom is 0.322 e. The second kappa shape index (κ2) is 9.38. The van der Waals surface area contributed by atoms with E-state index in [1.807, 2.05) is 14.1 Å². The molecule has 2 atom stereocenters. The summed E-state index contributed by atoms with van der Waals surface area (Å²) in [7, 11) is 3.62. The third kappa shape index (κ3) is 4.74. The zero-order chi connectivity index (χ0) is 22.9. The number of ether oxygens (including phenoxy) is 2. The van der Waals surface area contributed by atoms with E-state index in [2.05, 4.69) is 14.9 Å². The Labute approximate surface area is 197 Å². The molecule has 3 aliphatic rings. The van der Waals surface area contributed by atoms with E-state index in [0.717, 1.165) is 56.4 Å². The second-order valence-electron chi connectivity index (χ2n) is 9.23. The molecule has 33 heavy (non-hydrogen) atoms. The van der Waals surface area contributed by atoms with Crippen molar-refractivity contribution >= 4 is 28.3 Å². The van der Waals surface area contributed by atoms with E-state index in [4.69, 9.17) is 25.2 Å². The molecule has 3 heterocycles. The Balaban J connectivity index is 1.38. The predicted octanol–water partition coefficient (Wildman–Crippen LogP) is 2.36. The van der Waals surface area contributed by atoms with Crippen molar-refractivity contribution in [3.05, 3.63) is 6.20 Å². The first-order valence-corrected chi connectivity index (χ1v) is 12.5. The van der Waals surface area contributed by atoms with Crippen LogP contribution in [0.15, 0.2) is 6.20 Å². The van der Waals surface area contributed by atoms with Gasteiger partial charge in [-0.2, -0.15) is 15.0 Å². The molecule has 0 spiro atoms. The minimum absolute atomic E-state index is 0.0187. The molecule has 11 heteroatoms. The van der Waals surface area contributed by atoms with Gasteiger partial charge in [-0.1, -0.05) is 11.3 Å². The molecular weight excluding hydrogens is 442 g/mol. The Hall–Kier alpha value is -2.53. The van der Waals surface area contributed by atoms with Gasteiger partial charge in [-0.25, -0.2) is 4.98 Å². The highest BCUT2D eigenvalue weighted by Gasteiger charge is 2.38. The number of fused-ring (bicyclic) bond motifs is 1. The van der Waals surface area contributed by atoms with E-state index >= 15 is 0 Å². The summed E-state index contributed by atoms with van der Waals surface area (Å²) in [4.78, 5) is 35.3. The maximum absolute atomic E-state index is 12.3. The van der Waals surface area contributed by atoms with Crippen molar-refractivity contribution in [1.82, 2.24) is 24.8 Å². The fourth-order valence-corrected chi connectivity index (χ4v) is 5.76. The molecule has 178 valence electrons. The van der Waals surface area contributed by atoms with Gasteiger partial charge in [0.25, 0.3) is 0 Å². The van der Waals surface area contributed by atoms with Crippen molar-refractivity contribution in [2.45, 2.75) is 63.2 Å². The average molecular weight is 474 g/mol. The number of hydrogen-bond acceptors (Lipinski definition) is 10. The SMILES string of the molecule is CN(C)C(=O)C1CCC(Oc2nc(-c3cnc(N)s3)nc(N3CCOC4CCCC43)n2)CC1. The van der Waals surface area contributed by atoms with Crippen molar-refractivity contribution in [3.63, 3.8) is 0 Å². The number of nitrogen functional groups attached to an aromatic ring is 1. The molecule has 2 unspecified atom stereocenters. The van der Waals surface area contributed by atoms with E-state index in [-0.39, 0.29) is 30.1 Å². The van der Waals surface area contributed by atoms with E-state index < -0.39 is 0 Å². The van der Waals surface area contributed by atoms with Gasteiger partial charge in [0.15, 0.2) is 11.0 Å². The van der Waals surface area contributed by atoms with Crippen molar-refractivity contribution in [2.24, 2.45) is 5.92 Å². The number of rotatable bonds is 5. The summed E-state index contributed by atoms with van der Waals surface area (Å²) in [5.41, 5.74) is 5.86. The van der Waals surface area contributed by atoms with Crippen LogP contribution in [0.3, 0.4) is 0 Å². The summed E-state index contributed by atoms with van der Waals surface area (Å²) < 4.78 is 12.2. The van der Waals surface area contributed by atoms with Crippen molar-refractivity contribution in [3.8, 4) is 16.7 Å². The average Bonchev–Trinajstić information content (AvgIpc) is 3.47. The highest BCUT2D eigenvalue weighted by atomic mass is 32.1. The molecule has 0 radical (unpaired) electrons. The molecule has 1 amide bonds. The van der Waals surface area contributed by atoms with E-state index in [0.29, 0.717) is 29.5 Å². The smallest absolute Gasteiger partial charge is 0.322 e. The van der Waals surface area contributed by atoms with Crippen LogP contribution in [0.2, 0.25) is 0 Å². The molecule has 2 saturated carbocycles. The Morgan fingerprint density at radius 2 is 2.00 bits per heavy atom. The van der Waals surface area contributed by atoms with Crippen LogP contribution in [0, 0.1) is 5.92 Å². The van der Waals surface area contributed by atoms with Crippen molar-refractivity contribution < 1.29 is 14.3 Å². The van der Waals surface area contributed by atoms with Crippen molar-refractivity contribution in [1.29, 1.82) is 0 Å². The first kappa shape index (κ1) is 22.3. The van der Waals surface area contributed by atoms with Gasteiger partial charge in [0.2, 0.25) is 11.9 Å². The quantitative estimate of drug-likeness (QED) is 0.698. The van der Waals surface area contributed by atoms with Crippen LogP contribution < -0.4 is 15.4 Å². The topological polar surface area (TPSA) is 120 Å². The molecular formula is C22H31N7O3S. The second-order valence-corrected chi connectivity index (χ2v) is 10.3. The van der Waals surface area contributed by atoms with Gasteiger partial charge in [0.1, 0.15) is 6.10 Å². The first-order chi connectivity index (χ1) is 16.0. The number of hydrogen-bond donors (Lipinski definition) is 1. The number of anilines is 2. The molecule has 10 nitrogen and oxygen atoms in total. The van der Waals surface area contributed by atoms with Gasteiger partial charge in [-0.15, -0.1) is 0 Å². The lowest BCUT2D eigenvalue weighted by atomic mass is 9.86. The van der Waals surface area contributed by atoms with Crippen LogP contribution in [-0.2, 0) is 9.53 Å². The van der Waals surface area contributed by atoms with Crippen LogP contribution in [-0.4, -0.2) is 76.2 Å². The van der Waals surface area contributed by atoms with Gasteiger partial charge in [0.05, 0.1) is 29.8 Å². The summed E-state index contributed by atoms with van der Waals surface area (Å²) in [6.45, 7) is 1.41. The van der Waals surface area contributed by atoms with E-state index in [9.17, 15) is 4.79 Å². The fraction of sp³-hybridized carbons (Fsp3) is 0.682. The zero-order valence-corrected chi connectivity index (χ0v) is 20.0. The number of morpholine rings is 1. The molecule has 1 aliphatic heterocycles. The van der Waals surface area contributed by atoms with E-state index in [1.165, 1.54) is 11.3 Å². The fourth-order valence-electron chi connectivity index (χ4n) is 5.14. The normalized spacial score (nSPS) is 27.3.